The average Bonchev–Trinajstić information content (AvgIpc) is 2.54. The van der Waals surface area contributed by atoms with E-state index in [0.29, 0.717) is 27.8 Å². The summed E-state index contributed by atoms with van der Waals surface area (Å²) in [5.74, 6) is -0.133. The Morgan fingerprint density at radius 1 is 1.12 bits per heavy atom. The second-order valence-electron chi connectivity index (χ2n) is 5.41. The van der Waals surface area contributed by atoms with E-state index in [-0.39, 0.29) is 11.5 Å². The van der Waals surface area contributed by atoms with Gasteiger partial charge in [-0.2, -0.15) is 0 Å². The van der Waals surface area contributed by atoms with Crippen molar-refractivity contribution in [1.29, 1.82) is 0 Å². The van der Waals surface area contributed by atoms with Gasteiger partial charge in [0.25, 0.3) is 11.5 Å². The fraction of sp³-hybridized carbons (Fsp3) is 0.118. The van der Waals surface area contributed by atoms with Crippen LogP contribution in [0.1, 0.15) is 21.7 Å². The molecule has 25 heavy (non-hydrogen) atoms. The van der Waals surface area contributed by atoms with E-state index in [0.717, 1.165) is 0 Å². The smallest absolute Gasteiger partial charge is 0.265 e. The van der Waals surface area contributed by atoms with E-state index in [4.69, 9.17) is 11.6 Å². The largest absolute Gasteiger partial charge is 0.306 e. The Morgan fingerprint density at radius 3 is 2.36 bits per heavy atom. The Morgan fingerprint density at radius 2 is 1.76 bits per heavy atom. The van der Waals surface area contributed by atoms with Gasteiger partial charge in [0.05, 0.1) is 0 Å². The summed E-state index contributed by atoms with van der Waals surface area (Å²) in [6.07, 6.45) is 1.22. The zero-order valence-corrected chi connectivity index (χ0v) is 14.3. The van der Waals surface area contributed by atoms with Crippen LogP contribution in [0, 0.1) is 13.8 Å². The normalized spacial score (nSPS) is 10.5. The van der Waals surface area contributed by atoms with Crippen molar-refractivity contribution in [1.82, 2.24) is 19.9 Å². The lowest BCUT2D eigenvalue weighted by Crippen LogP contribution is -2.25. The standard InChI is InChI=1S/C17H14ClN5O2/c1-9-7-10(2)21-17(20-9)23-16(25)13-8-19-14(22-15(13)24)11-3-5-12(18)6-4-11/h3-8H,1-2H3,(H,19,22,24)(H,20,21,23,25). The number of hydrogen-bond acceptors (Lipinski definition) is 5. The van der Waals surface area contributed by atoms with Crippen molar-refractivity contribution in [2.75, 3.05) is 5.32 Å². The van der Waals surface area contributed by atoms with E-state index in [9.17, 15) is 9.59 Å². The van der Waals surface area contributed by atoms with Crippen molar-refractivity contribution >= 4 is 23.5 Å². The maximum Gasteiger partial charge on any atom is 0.265 e. The summed E-state index contributed by atoms with van der Waals surface area (Å²) >= 11 is 5.84. The summed E-state index contributed by atoms with van der Waals surface area (Å²) in [5.41, 5.74) is 1.44. The summed E-state index contributed by atoms with van der Waals surface area (Å²) < 4.78 is 0. The molecule has 3 rings (SSSR count). The van der Waals surface area contributed by atoms with E-state index in [1.807, 2.05) is 0 Å². The molecule has 7 nitrogen and oxygen atoms in total. The molecule has 0 saturated heterocycles. The average molecular weight is 356 g/mol. The predicted molar refractivity (Wildman–Crippen MR) is 94.8 cm³/mol. The van der Waals surface area contributed by atoms with Gasteiger partial charge in [0.15, 0.2) is 0 Å². The highest BCUT2D eigenvalue weighted by molar-refractivity contribution is 6.30. The molecule has 0 spiro atoms. The maximum atomic E-state index is 12.3. The lowest BCUT2D eigenvalue weighted by atomic mass is 10.2. The number of aromatic nitrogens is 4. The minimum atomic E-state index is -0.624. The minimum absolute atomic E-state index is 0.125. The molecule has 0 unspecified atom stereocenters. The molecule has 1 amide bonds. The van der Waals surface area contributed by atoms with E-state index in [2.05, 4.69) is 25.3 Å². The molecule has 0 fully saturated rings. The molecule has 0 saturated carbocycles. The molecule has 8 heteroatoms. The highest BCUT2D eigenvalue weighted by Crippen LogP contribution is 2.17. The molecule has 0 aliphatic carbocycles. The summed E-state index contributed by atoms with van der Waals surface area (Å²) in [6.45, 7) is 3.58. The molecular formula is C17H14ClN5O2. The molecule has 2 aromatic heterocycles. The monoisotopic (exact) mass is 355 g/mol. The van der Waals surface area contributed by atoms with Crippen molar-refractivity contribution < 1.29 is 4.79 Å². The number of anilines is 1. The number of nitrogens with one attached hydrogen (secondary N) is 2. The second kappa shape index (κ2) is 6.82. The quantitative estimate of drug-likeness (QED) is 0.752. The molecular weight excluding hydrogens is 342 g/mol. The molecule has 0 aliphatic heterocycles. The fourth-order valence-electron chi connectivity index (χ4n) is 2.26. The summed E-state index contributed by atoms with van der Waals surface area (Å²) in [5, 5.41) is 3.09. The Hall–Kier alpha value is -3.06. The van der Waals surface area contributed by atoms with Crippen LogP contribution in [0.15, 0.2) is 41.3 Å². The topological polar surface area (TPSA) is 101 Å². The number of rotatable bonds is 3. The third-order valence-corrected chi connectivity index (χ3v) is 3.62. The van der Waals surface area contributed by atoms with Crippen LogP contribution in [0.2, 0.25) is 5.02 Å². The van der Waals surface area contributed by atoms with Crippen LogP contribution in [0.25, 0.3) is 11.4 Å². The Labute approximate surface area is 148 Å². The van der Waals surface area contributed by atoms with E-state index < -0.39 is 11.5 Å². The van der Waals surface area contributed by atoms with Gasteiger partial charge in [-0.15, -0.1) is 0 Å². The summed E-state index contributed by atoms with van der Waals surface area (Å²) in [7, 11) is 0. The van der Waals surface area contributed by atoms with Gasteiger partial charge in [-0.05, 0) is 44.2 Å². The first kappa shape index (κ1) is 16.8. The van der Waals surface area contributed by atoms with Gasteiger partial charge >= 0.3 is 0 Å². The number of aromatic amines is 1. The van der Waals surface area contributed by atoms with E-state index in [1.165, 1.54) is 6.20 Å². The molecule has 2 heterocycles. The second-order valence-corrected chi connectivity index (χ2v) is 5.85. The number of H-pyrrole nitrogens is 1. The SMILES string of the molecule is Cc1cc(C)nc(NC(=O)c2cnc(-c3ccc(Cl)cc3)[nH]c2=O)n1. The number of aryl methyl sites for hydroxylation is 2. The Balaban J connectivity index is 1.86. The zero-order valence-electron chi connectivity index (χ0n) is 13.5. The Kier molecular flexibility index (Phi) is 4.58. The van der Waals surface area contributed by atoms with Crippen LogP contribution in [-0.4, -0.2) is 25.8 Å². The van der Waals surface area contributed by atoms with Gasteiger partial charge in [-0.3, -0.25) is 14.9 Å². The van der Waals surface area contributed by atoms with E-state index >= 15 is 0 Å². The highest BCUT2D eigenvalue weighted by atomic mass is 35.5. The molecule has 0 radical (unpaired) electrons. The molecule has 1 aromatic carbocycles. The summed E-state index contributed by atoms with van der Waals surface area (Å²) in [6, 6.07) is 8.61. The number of carbonyl (C=O) groups excluding carboxylic acids is 1. The number of hydrogen-bond donors (Lipinski definition) is 2. The lowest BCUT2D eigenvalue weighted by molar-refractivity contribution is 0.102. The maximum absolute atomic E-state index is 12.3. The number of amides is 1. The van der Waals surface area contributed by atoms with Crippen LogP contribution in [-0.2, 0) is 0 Å². The lowest BCUT2D eigenvalue weighted by Gasteiger charge is -2.06. The van der Waals surface area contributed by atoms with Gasteiger partial charge in [0, 0.05) is 28.2 Å². The number of halogens is 1. The van der Waals surface area contributed by atoms with Crippen LogP contribution in [0.3, 0.4) is 0 Å². The molecule has 2 N–H and O–H groups in total. The van der Waals surface area contributed by atoms with Crippen LogP contribution >= 0.6 is 11.6 Å². The van der Waals surface area contributed by atoms with E-state index in [1.54, 1.807) is 44.2 Å². The Bertz CT molecular complexity index is 978. The van der Waals surface area contributed by atoms with Crippen molar-refractivity contribution in [2.24, 2.45) is 0 Å². The summed E-state index contributed by atoms with van der Waals surface area (Å²) in [4.78, 5) is 39.5. The number of carbonyl (C=O) groups is 1. The first-order valence-corrected chi connectivity index (χ1v) is 7.79. The number of nitrogens with zero attached hydrogens (tertiary/aromatic N) is 3. The van der Waals surface area contributed by atoms with Gasteiger partial charge in [-0.25, -0.2) is 15.0 Å². The molecule has 126 valence electrons. The van der Waals surface area contributed by atoms with Crippen LogP contribution in [0.4, 0.5) is 5.95 Å². The third kappa shape index (κ3) is 3.89. The predicted octanol–water partition coefficient (Wildman–Crippen LogP) is 2.75. The van der Waals surface area contributed by atoms with Crippen molar-refractivity contribution in [3.8, 4) is 11.4 Å². The van der Waals surface area contributed by atoms with Gasteiger partial charge in [-0.1, -0.05) is 11.6 Å². The van der Waals surface area contributed by atoms with Crippen LogP contribution < -0.4 is 10.9 Å². The highest BCUT2D eigenvalue weighted by Gasteiger charge is 2.14. The van der Waals surface area contributed by atoms with Crippen molar-refractivity contribution in [2.45, 2.75) is 13.8 Å². The minimum Gasteiger partial charge on any atom is -0.306 e. The molecule has 0 aliphatic rings. The van der Waals surface area contributed by atoms with Gasteiger partial charge in [0.2, 0.25) is 5.95 Å². The van der Waals surface area contributed by atoms with Crippen molar-refractivity contribution in [3.63, 3.8) is 0 Å². The number of benzene rings is 1. The fourth-order valence-corrected chi connectivity index (χ4v) is 2.39. The van der Waals surface area contributed by atoms with Crippen LogP contribution in [0.5, 0.6) is 0 Å². The van der Waals surface area contributed by atoms with Gasteiger partial charge in [0.1, 0.15) is 11.4 Å². The van der Waals surface area contributed by atoms with Crippen molar-refractivity contribution in [3.05, 3.63) is 68.9 Å². The first-order chi connectivity index (χ1) is 11.9. The first-order valence-electron chi connectivity index (χ1n) is 7.41. The molecule has 0 bridgehead atoms. The molecule has 3 aromatic rings. The zero-order chi connectivity index (χ0) is 18.0. The third-order valence-electron chi connectivity index (χ3n) is 3.37. The molecule has 0 atom stereocenters. The van der Waals surface area contributed by atoms with Gasteiger partial charge < -0.3 is 4.98 Å².